The van der Waals surface area contributed by atoms with Crippen molar-refractivity contribution in [3.05, 3.63) is 34.9 Å². The molecule has 0 atom stereocenters. The molecule has 158 valence electrons. The van der Waals surface area contributed by atoms with Gasteiger partial charge in [-0.05, 0) is 37.0 Å². The fraction of sp³-hybridized carbons (Fsp3) is 0.571. The van der Waals surface area contributed by atoms with E-state index in [2.05, 4.69) is 20.5 Å². The number of benzene rings is 1. The Morgan fingerprint density at radius 1 is 1.17 bits per heavy atom. The van der Waals surface area contributed by atoms with Crippen molar-refractivity contribution in [1.29, 1.82) is 0 Å². The van der Waals surface area contributed by atoms with Gasteiger partial charge in [0, 0.05) is 57.3 Å². The number of nitrogens with zero attached hydrogens (tertiary/aromatic N) is 3. The number of carbonyl (C=O) groups is 2. The first-order chi connectivity index (χ1) is 14.0. The van der Waals surface area contributed by atoms with Crippen molar-refractivity contribution in [1.82, 2.24) is 20.4 Å². The maximum Gasteiger partial charge on any atom is 0.227 e. The fourth-order valence-electron chi connectivity index (χ4n) is 3.41. The minimum Gasteiger partial charge on any atom is -0.356 e. The van der Waals surface area contributed by atoms with Crippen molar-refractivity contribution in [2.24, 2.45) is 4.99 Å². The van der Waals surface area contributed by atoms with Crippen LogP contribution in [0, 0.1) is 0 Å². The summed E-state index contributed by atoms with van der Waals surface area (Å²) in [5.74, 6) is 1.09. The Bertz CT molecular complexity index is 742. The van der Waals surface area contributed by atoms with E-state index in [-0.39, 0.29) is 11.8 Å². The number of rotatable bonds is 7. The van der Waals surface area contributed by atoms with E-state index >= 15 is 0 Å². The third-order valence-corrected chi connectivity index (χ3v) is 5.43. The molecule has 0 aromatic heterocycles. The van der Waals surface area contributed by atoms with E-state index in [0.717, 1.165) is 43.9 Å². The Morgan fingerprint density at radius 3 is 2.55 bits per heavy atom. The molecule has 3 rings (SSSR count). The van der Waals surface area contributed by atoms with E-state index in [1.165, 1.54) is 0 Å². The number of hydrogen-bond donors (Lipinski definition) is 2. The van der Waals surface area contributed by atoms with E-state index in [1.807, 2.05) is 29.2 Å². The Balaban J connectivity index is 1.36. The number of amides is 2. The summed E-state index contributed by atoms with van der Waals surface area (Å²) < 4.78 is 0. The molecule has 2 fully saturated rings. The number of nitrogens with one attached hydrogen (secondary N) is 2. The molecule has 2 amide bonds. The summed E-state index contributed by atoms with van der Waals surface area (Å²) in [4.78, 5) is 32.7. The second-order valence-electron chi connectivity index (χ2n) is 7.59. The highest BCUT2D eigenvalue weighted by Gasteiger charge is 2.24. The number of halogens is 1. The molecule has 1 heterocycles. The van der Waals surface area contributed by atoms with Crippen molar-refractivity contribution in [2.45, 2.75) is 38.1 Å². The highest BCUT2D eigenvalue weighted by molar-refractivity contribution is 6.30. The first-order valence-electron chi connectivity index (χ1n) is 10.3. The Hall–Kier alpha value is -2.28. The van der Waals surface area contributed by atoms with Gasteiger partial charge in [-0.1, -0.05) is 23.7 Å². The average Bonchev–Trinajstić information content (AvgIpc) is 3.52. The van der Waals surface area contributed by atoms with Crippen LogP contribution in [0.4, 0.5) is 0 Å². The normalized spacial score (nSPS) is 17.2. The Labute approximate surface area is 177 Å². The number of piperazine rings is 1. The van der Waals surface area contributed by atoms with Crippen molar-refractivity contribution >= 4 is 29.4 Å². The van der Waals surface area contributed by atoms with Gasteiger partial charge < -0.3 is 20.4 Å². The minimum absolute atomic E-state index is 0.122. The Kier molecular flexibility index (Phi) is 7.75. The fourth-order valence-corrected chi connectivity index (χ4v) is 3.62. The van der Waals surface area contributed by atoms with Crippen molar-refractivity contribution in [3.63, 3.8) is 0 Å². The lowest BCUT2D eigenvalue weighted by Crippen LogP contribution is -2.54. The lowest BCUT2D eigenvalue weighted by Gasteiger charge is -2.36. The smallest absolute Gasteiger partial charge is 0.227 e. The molecule has 0 bridgehead atoms. The standard InChI is InChI=1S/C21H30ClN5O2/c1-23-21(24-9-3-6-19(28)25-18-7-8-18)27-12-10-26(11-13-27)20(29)15-16-4-2-5-17(22)14-16/h2,4-5,14,18H,3,6-13,15H2,1H3,(H,23,24)(H,25,28). The van der Waals surface area contributed by atoms with Crippen LogP contribution in [0.25, 0.3) is 0 Å². The molecule has 0 spiro atoms. The number of guanidine groups is 1. The van der Waals surface area contributed by atoms with E-state index in [9.17, 15) is 9.59 Å². The summed E-state index contributed by atoms with van der Waals surface area (Å²) in [5.41, 5.74) is 0.938. The van der Waals surface area contributed by atoms with E-state index < -0.39 is 0 Å². The van der Waals surface area contributed by atoms with Crippen LogP contribution >= 0.6 is 11.6 Å². The molecule has 2 N–H and O–H groups in total. The van der Waals surface area contributed by atoms with Crippen molar-refractivity contribution in [2.75, 3.05) is 39.8 Å². The largest absolute Gasteiger partial charge is 0.356 e. The van der Waals surface area contributed by atoms with Crippen LogP contribution in [0.15, 0.2) is 29.3 Å². The van der Waals surface area contributed by atoms with Gasteiger partial charge in [0.1, 0.15) is 0 Å². The molecule has 1 saturated heterocycles. The quantitative estimate of drug-likeness (QED) is 0.400. The molecule has 2 aliphatic rings. The third kappa shape index (κ3) is 6.92. The molecule has 7 nitrogen and oxygen atoms in total. The molecular weight excluding hydrogens is 390 g/mol. The number of hydrogen-bond acceptors (Lipinski definition) is 3. The summed E-state index contributed by atoms with van der Waals surface area (Å²) in [6.45, 7) is 3.53. The van der Waals surface area contributed by atoms with E-state index in [4.69, 9.17) is 11.6 Å². The van der Waals surface area contributed by atoms with Crippen molar-refractivity contribution in [3.8, 4) is 0 Å². The minimum atomic E-state index is 0.122. The van der Waals surface area contributed by atoms with Gasteiger partial charge >= 0.3 is 0 Å². The SMILES string of the molecule is CN=C(NCCCC(=O)NC1CC1)N1CCN(C(=O)Cc2cccc(Cl)c2)CC1. The summed E-state index contributed by atoms with van der Waals surface area (Å²) in [6, 6.07) is 7.87. The van der Waals surface area contributed by atoms with Gasteiger partial charge in [0.15, 0.2) is 5.96 Å². The zero-order valence-electron chi connectivity index (χ0n) is 17.0. The second-order valence-corrected chi connectivity index (χ2v) is 8.03. The molecule has 1 aromatic rings. The van der Waals surface area contributed by atoms with Gasteiger partial charge in [-0.2, -0.15) is 0 Å². The van der Waals surface area contributed by atoms with Gasteiger partial charge in [-0.3, -0.25) is 14.6 Å². The lowest BCUT2D eigenvalue weighted by molar-refractivity contribution is -0.131. The molecule has 0 radical (unpaired) electrons. The molecule has 1 aliphatic carbocycles. The van der Waals surface area contributed by atoms with Crippen LogP contribution in [0.5, 0.6) is 0 Å². The highest BCUT2D eigenvalue weighted by atomic mass is 35.5. The molecule has 29 heavy (non-hydrogen) atoms. The van der Waals surface area contributed by atoms with E-state index in [1.54, 1.807) is 7.05 Å². The van der Waals surface area contributed by atoms with Gasteiger partial charge in [-0.25, -0.2) is 0 Å². The second kappa shape index (κ2) is 10.5. The molecule has 1 aromatic carbocycles. The van der Waals surface area contributed by atoms with Gasteiger partial charge in [-0.15, -0.1) is 0 Å². The van der Waals surface area contributed by atoms with Gasteiger partial charge in [0.05, 0.1) is 6.42 Å². The van der Waals surface area contributed by atoms with Crippen LogP contribution in [0.2, 0.25) is 5.02 Å². The molecule has 1 saturated carbocycles. The third-order valence-electron chi connectivity index (χ3n) is 5.19. The zero-order valence-corrected chi connectivity index (χ0v) is 17.7. The first-order valence-corrected chi connectivity index (χ1v) is 10.7. The molecule has 8 heteroatoms. The van der Waals surface area contributed by atoms with E-state index in [0.29, 0.717) is 43.5 Å². The molecule has 1 aliphatic heterocycles. The van der Waals surface area contributed by atoms with Crippen LogP contribution in [-0.4, -0.2) is 73.4 Å². The van der Waals surface area contributed by atoms with Crippen molar-refractivity contribution < 1.29 is 9.59 Å². The van der Waals surface area contributed by atoms with Crippen LogP contribution in [0.3, 0.4) is 0 Å². The predicted octanol–water partition coefficient (Wildman–Crippen LogP) is 1.66. The predicted molar refractivity (Wildman–Crippen MR) is 115 cm³/mol. The number of carbonyl (C=O) groups excluding carboxylic acids is 2. The first kappa shape index (κ1) is 21.4. The monoisotopic (exact) mass is 419 g/mol. The molecule has 0 unspecified atom stereocenters. The van der Waals surface area contributed by atoms with Crippen LogP contribution in [-0.2, 0) is 16.0 Å². The van der Waals surface area contributed by atoms with Crippen LogP contribution < -0.4 is 10.6 Å². The zero-order chi connectivity index (χ0) is 20.6. The summed E-state index contributed by atoms with van der Waals surface area (Å²) in [7, 11) is 1.76. The molecular formula is C21H30ClN5O2. The summed E-state index contributed by atoms with van der Waals surface area (Å²) in [5, 5.41) is 6.99. The van der Waals surface area contributed by atoms with Crippen LogP contribution in [0.1, 0.15) is 31.2 Å². The van der Waals surface area contributed by atoms with Gasteiger partial charge in [0.25, 0.3) is 0 Å². The Morgan fingerprint density at radius 2 is 1.90 bits per heavy atom. The maximum atomic E-state index is 12.6. The number of aliphatic imine (C=N–C) groups is 1. The average molecular weight is 420 g/mol. The van der Waals surface area contributed by atoms with Gasteiger partial charge in [0.2, 0.25) is 11.8 Å². The summed E-state index contributed by atoms with van der Waals surface area (Å²) >= 11 is 6.00. The maximum absolute atomic E-state index is 12.6. The lowest BCUT2D eigenvalue weighted by atomic mass is 10.1. The summed E-state index contributed by atoms with van der Waals surface area (Å²) in [6.07, 6.45) is 3.91. The highest BCUT2D eigenvalue weighted by Crippen LogP contribution is 2.18. The topological polar surface area (TPSA) is 77.0 Å².